The first-order valence-electron chi connectivity index (χ1n) is 8.19. The molecule has 3 nitrogen and oxygen atoms in total. The first-order valence-corrected chi connectivity index (χ1v) is 8.19. The van der Waals surface area contributed by atoms with E-state index in [4.69, 9.17) is 5.84 Å². The molecule has 0 aliphatic heterocycles. The van der Waals surface area contributed by atoms with E-state index in [0.717, 1.165) is 5.52 Å². The minimum atomic E-state index is 0.245. The maximum Gasteiger partial charge on any atom is 0.0705 e. The Labute approximate surface area is 126 Å². The van der Waals surface area contributed by atoms with Gasteiger partial charge in [-0.25, -0.2) is 0 Å². The fourth-order valence-electron chi connectivity index (χ4n) is 3.60. The number of rotatable bonds is 3. The van der Waals surface area contributed by atoms with Gasteiger partial charge in [0.2, 0.25) is 0 Å². The van der Waals surface area contributed by atoms with Crippen molar-refractivity contribution in [1.29, 1.82) is 0 Å². The molecule has 1 aliphatic carbocycles. The van der Waals surface area contributed by atoms with Gasteiger partial charge in [0.25, 0.3) is 0 Å². The van der Waals surface area contributed by atoms with Crippen molar-refractivity contribution in [2.24, 2.45) is 11.8 Å². The number of hydrogen-bond donors (Lipinski definition) is 2. The van der Waals surface area contributed by atoms with Crippen LogP contribution in [0.5, 0.6) is 0 Å². The van der Waals surface area contributed by atoms with Crippen molar-refractivity contribution in [2.75, 3.05) is 0 Å². The van der Waals surface area contributed by atoms with Gasteiger partial charge >= 0.3 is 0 Å². The largest absolute Gasteiger partial charge is 0.271 e. The lowest BCUT2D eigenvalue weighted by Gasteiger charge is -2.28. The van der Waals surface area contributed by atoms with Crippen LogP contribution in [0.25, 0.3) is 10.9 Å². The van der Waals surface area contributed by atoms with E-state index in [1.807, 2.05) is 12.3 Å². The van der Waals surface area contributed by atoms with Gasteiger partial charge in [-0.1, -0.05) is 50.3 Å². The van der Waals surface area contributed by atoms with Gasteiger partial charge in [0, 0.05) is 17.6 Å². The topological polar surface area (TPSA) is 50.9 Å². The molecule has 0 spiro atoms. The number of fused-ring (bicyclic) bond motifs is 1. The zero-order valence-corrected chi connectivity index (χ0v) is 12.6. The number of nitrogens with two attached hydrogens (primary N) is 1. The second-order valence-corrected chi connectivity index (χ2v) is 6.21. The summed E-state index contributed by atoms with van der Waals surface area (Å²) >= 11 is 0. The molecule has 0 radical (unpaired) electrons. The Bertz CT molecular complexity index is 573. The summed E-state index contributed by atoms with van der Waals surface area (Å²) in [5, 5.41) is 1.19. The Balaban J connectivity index is 1.85. The summed E-state index contributed by atoms with van der Waals surface area (Å²) in [7, 11) is 0. The molecule has 2 aromatic rings. The molecule has 0 bridgehead atoms. The van der Waals surface area contributed by atoms with Gasteiger partial charge in [-0.15, -0.1) is 0 Å². The predicted octanol–water partition coefficient (Wildman–Crippen LogP) is 4.10. The molecule has 1 aromatic carbocycles. The van der Waals surface area contributed by atoms with Crippen molar-refractivity contribution in [3.8, 4) is 0 Å². The standard InChI is InChI=1S/C18H25N3/c19-21-18(15-7-4-2-1-3-5-8-15)16-11-10-14-9-6-12-20-17(14)13-16/h6,9-13,15,18,21H,1-5,7-8,19H2. The van der Waals surface area contributed by atoms with Crippen LogP contribution in [0.2, 0.25) is 0 Å². The smallest absolute Gasteiger partial charge is 0.0705 e. The van der Waals surface area contributed by atoms with Gasteiger partial charge in [0.05, 0.1) is 5.52 Å². The highest BCUT2D eigenvalue weighted by molar-refractivity contribution is 5.79. The number of pyridine rings is 1. The van der Waals surface area contributed by atoms with Gasteiger partial charge in [-0.2, -0.15) is 0 Å². The zero-order valence-electron chi connectivity index (χ0n) is 12.6. The normalized spacial score (nSPS) is 19.1. The van der Waals surface area contributed by atoms with E-state index in [0.29, 0.717) is 5.92 Å². The van der Waals surface area contributed by atoms with E-state index in [1.54, 1.807) is 0 Å². The molecule has 0 amide bonds. The van der Waals surface area contributed by atoms with Crippen LogP contribution >= 0.6 is 0 Å². The molecule has 1 unspecified atom stereocenters. The van der Waals surface area contributed by atoms with Crippen LogP contribution in [0.1, 0.15) is 56.6 Å². The van der Waals surface area contributed by atoms with E-state index in [1.165, 1.54) is 55.9 Å². The summed E-state index contributed by atoms with van der Waals surface area (Å²) in [4.78, 5) is 4.47. The molecule has 1 heterocycles. The average Bonchev–Trinajstić information content (AvgIpc) is 2.49. The van der Waals surface area contributed by atoms with Gasteiger partial charge in [0.15, 0.2) is 0 Å². The highest BCUT2D eigenvalue weighted by Crippen LogP contribution is 2.33. The predicted molar refractivity (Wildman–Crippen MR) is 87.6 cm³/mol. The number of nitrogens with zero attached hydrogens (tertiary/aromatic N) is 1. The van der Waals surface area contributed by atoms with E-state index in [9.17, 15) is 0 Å². The van der Waals surface area contributed by atoms with Crippen molar-refractivity contribution < 1.29 is 0 Å². The molecule has 0 saturated heterocycles. The zero-order chi connectivity index (χ0) is 14.5. The van der Waals surface area contributed by atoms with Crippen LogP contribution < -0.4 is 11.3 Å². The van der Waals surface area contributed by atoms with Crippen LogP contribution in [0, 0.1) is 5.92 Å². The lowest BCUT2D eigenvalue weighted by Crippen LogP contribution is -2.34. The summed E-state index contributed by atoms with van der Waals surface area (Å²) in [5.41, 5.74) is 5.40. The second-order valence-electron chi connectivity index (χ2n) is 6.21. The maximum absolute atomic E-state index is 5.90. The van der Waals surface area contributed by atoms with Crippen LogP contribution in [0.15, 0.2) is 36.5 Å². The Kier molecular flexibility index (Phi) is 4.84. The Morgan fingerprint density at radius 3 is 2.57 bits per heavy atom. The summed E-state index contributed by atoms with van der Waals surface area (Å²) in [5.74, 6) is 6.53. The Morgan fingerprint density at radius 1 is 1.05 bits per heavy atom. The Morgan fingerprint density at radius 2 is 1.81 bits per heavy atom. The molecule has 3 N–H and O–H groups in total. The first-order chi connectivity index (χ1) is 10.4. The lowest BCUT2D eigenvalue weighted by atomic mass is 9.83. The molecular weight excluding hydrogens is 258 g/mol. The third-order valence-corrected chi connectivity index (χ3v) is 4.79. The summed E-state index contributed by atoms with van der Waals surface area (Å²) < 4.78 is 0. The summed E-state index contributed by atoms with van der Waals surface area (Å²) in [6, 6.07) is 10.9. The van der Waals surface area contributed by atoms with E-state index >= 15 is 0 Å². The van der Waals surface area contributed by atoms with Crippen molar-refractivity contribution in [1.82, 2.24) is 10.4 Å². The van der Waals surface area contributed by atoms with Gasteiger partial charge in [-0.3, -0.25) is 16.3 Å². The van der Waals surface area contributed by atoms with Crippen LogP contribution in [-0.4, -0.2) is 4.98 Å². The van der Waals surface area contributed by atoms with E-state index in [-0.39, 0.29) is 6.04 Å². The summed E-state index contributed by atoms with van der Waals surface area (Å²) in [6.45, 7) is 0. The molecule has 1 saturated carbocycles. The highest BCUT2D eigenvalue weighted by atomic mass is 15.2. The van der Waals surface area contributed by atoms with Crippen LogP contribution in [0.4, 0.5) is 0 Å². The van der Waals surface area contributed by atoms with Gasteiger partial charge in [-0.05, 0) is 36.5 Å². The third-order valence-electron chi connectivity index (χ3n) is 4.79. The minimum absolute atomic E-state index is 0.245. The third kappa shape index (κ3) is 3.42. The fraction of sp³-hybridized carbons (Fsp3) is 0.500. The number of aromatic nitrogens is 1. The molecule has 1 aromatic heterocycles. The molecule has 21 heavy (non-hydrogen) atoms. The van der Waals surface area contributed by atoms with Crippen LogP contribution in [-0.2, 0) is 0 Å². The average molecular weight is 283 g/mol. The molecule has 3 rings (SSSR count). The Hall–Kier alpha value is -1.45. The molecule has 3 heteroatoms. The maximum atomic E-state index is 5.90. The number of hydrogen-bond acceptors (Lipinski definition) is 3. The van der Waals surface area contributed by atoms with Gasteiger partial charge < -0.3 is 0 Å². The molecule has 1 fully saturated rings. The van der Waals surface area contributed by atoms with E-state index < -0.39 is 0 Å². The van der Waals surface area contributed by atoms with Crippen molar-refractivity contribution in [2.45, 2.75) is 51.0 Å². The SMILES string of the molecule is NNC(c1ccc2cccnc2c1)C1CCCCCCC1. The minimum Gasteiger partial charge on any atom is -0.271 e. The van der Waals surface area contributed by atoms with Crippen LogP contribution in [0.3, 0.4) is 0 Å². The van der Waals surface area contributed by atoms with Crippen molar-refractivity contribution in [3.63, 3.8) is 0 Å². The molecule has 1 atom stereocenters. The summed E-state index contributed by atoms with van der Waals surface area (Å²) in [6.07, 6.45) is 11.2. The lowest BCUT2D eigenvalue weighted by molar-refractivity contribution is 0.291. The quantitative estimate of drug-likeness (QED) is 0.658. The first kappa shape index (κ1) is 14.5. The fourth-order valence-corrected chi connectivity index (χ4v) is 3.60. The molecular formula is C18H25N3. The highest BCUT2D eigenvalue weighted by Gasteiger charge is 2.22. The number of benzene rings is 1. The second kappa shape index (κ2) is 7.01. The van der Waals surface area contributed by atoms with Gasteiger partial charge in [0.1, 0.15) is 0 Å². The van der Waals surface area contributed by atoms with Crippen molar-refractivity contribution >= 4 is 10.9 Å². The number of hydrazine groups is 1. The van der Waals surface area contributed by atoms with Crippen molar-refractivity contribution in [3.05, 3.63) is 42.1 Å². The number of nitrogens with one attached hydrogen (secondary N) is 1. The molecule has 112 valence electrons. The monoisotopic (exact) mass is 283 g/mol. The van der Waals surface area contributed by atoms with E-state index in [2.05, 4.69) is 34.7 Å². The molecule has 1 aliphatic rings.